The fourth-order valence-electron chi connectivity index (χ4n) is 3.20. The molecule has 130 valence electrons. The van der Waals surface area contributed by atoms with Gasteiger partial charge in [-0.05, 0) is 13.3 Å². The second-order valence-corrected chi connectivity index (χ2v) is 6.16. The minimum atomic E-state index is -1.50. The van der Waals surface area contributed by atoms with E-state index in [1.54, 1.807) is 6.92 Å². The molecule has 9 nitrogen and oxygen atoms in total. The third kappa shape index (κ3) is 3.28. The van der Waals surface area contributed by atoms with E-state index in [1.165, 1.54) is 0 Å². The van der Waals surface area contributed by atoms with Crippen LogP contribution in [0, 0.1) is 5.92 Å². The summed E-state index contributed by atoms with van der Waals surface area (Å²) in [6.45, 7) is 1.23. The molecule has 0 radical (unpaired) electrons. The van der Waals surface area contributed by atoms with E-state index >= 15 is 0 Å². The predicted octanol–water partition coefficient (Wildman–Crippen LogP) is -4.13. The Balaban J connectivity index is 2.08. The lowest BCUT2D eigenvalue weighted by atomic mass is 9.79. The molecule has 10 atom stereocenters. The van der Waals surface area contributed by atoms with Crippen LogP contribution >= 0.6 is 0 Å². The number of ether oxygens (including phenoxy) is 1. The van der Waals surface area contributed by atoms with Crippen LogP contribution in [0.15, 0.2) is 0 Å². The maximum absolute atomic E-state index is 10.1. The summed E-state index contributed by atoms with van der Waals surface area (Å²) >= 11 is 0. The Morgan fingerprint density at radius 3 is 2.14 bits per heavy atom. The Labute approximate surface area is 127 Å². The Kier molecular flexibility index (Phi) is 5.75. The highest BCUT2D eigenvalue weighted by atomic mass is 16.6. The molecule has 1 aliphatic carbocycles. The molecule has 1 saturated heterocycles. The number of rotatable bonds is 3. The van der Waals surface area contributed by atoms with Gasteiger partial charge in [0.2, 0.25) is 0 Å². The fraction of sp³-hybridized carbons (Fsp3) is 1.00. The Morgan fingerprint density at radius 1 is 0.909 bits per heavy atom. The quantitative estimate of drug-likeness (QED) is 0.258. The smallest absolute Gasteiger partial charge is 0.183 e. The van der Waals surface area contributed by atoms with Gasteiger partial charge in [-0.2, -0.15) is 0 Å². The molecule has 0 aromatic rings. The second-order valence-electron chi connectivity index (χ2n) is 6.16. The molecule has 2 fully saturated rings. The number of aliphatic hydroxyl groups is 7. The largest absolute Gasteiger partial charge is 0.396 e. The molecule has 6 unspecified atom stereocenters. The second kappa shape index (κ2) is 7.04. The standard InChI is InChI=1S/C13H25NO8/c1-4-7(10(18)12(20)13(21)22-4)14-6-2-5(3-15)8(16)11(19)9(6)17/h4-21H,2-3H2,1H3/t4-,5?,6?,7-,8?,9?,10+,11?,12-,13?/m1/s1. The third-order valence-electron chi connectivity index (χ3n) is 4.66. The molecule has 2 rings (SSSR count). The van der Waals surface area contributed by atoms with E-state index in [-0.39, 0.29) is 13.0 Å². The molecule has 9 heteroatoms. The SMILES string of the molecule is C[C@H]1OC(O)[C@H](O)[C@@H](O)[C@@H]1NC1CC(CO)C(O)C(O)C1O. The predicted molar refractivity (Wildman–Crippen MR) is 72.5 cm³/mol. The van der Waals surface area contributed by atoms with E-state index < -0.39 is 60.9 Å². The van der Waals surface area contributed by atoms with Gasteiger partial charge in [0.15, 0.2) is 6.29 Å². The summed E-state index contributed by atoms with van der Waals surface area (Å²) in [5.74, 6) is -0.622. The zero-order valence-electron chi connectivity index (χ0n) is 12.2. The first kappa shape index (κ1) is 18.0. The summed E-state index contributed by atoms with van der Waals surface area (Å²) in [4.78, 5) is 0. The van der Waals surface area contributed by atoms with Crippen LogP contribution in [0.5, 0.6) is 0 Å². The molecule has 22 heavy (non-hydrogen) atoms. The van der Waals surface area contributed by atoms with Gasteiger partial charge in [-0.15, -0.1) is 0 Å². The summed E-state index contributed by atoms with van der Waals surface area (Å²) in [6.07, 6.45) is -8.80. The monoisotopic (exact) mass is 323 g/mol. The summed E-state index contributed by atoms with van der Waals surface area (Å²) in [7, 11) is 0. The van der Waals surface area contributed by atoms with Gasteiger partial charge in [0.1, 0.15) is 18.3 Å². The van der Waals surface area contributed by atoms with Crippen molar-refractivity contribution in [1.82, 2.24) is 5.32 Å². The van der Waals surface area contributed by atoms with Gasteiger partial charge in [0, 0.05) is 18.6 Å². The number of aliphatic hydroxyl groups excluding tert-OH is 7. The molecule has 1 aliphatic heterocycles. The van der Waals surface area contributed by atoms with Gasteiger partial charge in [-0.1, -0.05) is 0 Å². The highest BCUT2D eigenvalue weighted by molar-refractivity contribution is 5.00. The first-order valence-corrected chi connectivity index (χ1v) is 7.38. The van der Waals surface area contributed by atoms with Crippen LogP contribution in [0.4, 0.5) is 0 Å². The van der Waals surface area contributed by atoms with Crippen LogP contribution < -0.4 is 5.32 Å². The summed E-state index contributed by atoms with van der Waals surface area (Å²) in [5, 5.41) is 70.9. The van der Waals surface area contributed by atoms with Crippen molar-refractivity contribution in [3.63, 3.8) is 0 Å². The average Bonchev–Trinajstić information content (AvgIpc) is 2.49. The molecule has 0 spiro atoms. The molecule has 0 bridgehead atoms. The van der Waals surface area contributed by atoms with Crippen molar-refractivity contribution in [1.29, 1.82) is 0 Å². The molecule has 0 aromatic heterocycles. The summed E-state index contributed by atoms with van der Waals surface area (Å²) in [5.41, 5.74) is 0. The molecule has 1 heterocycles. The first-order chi connectivity index (χ1) is 10.3. The molecular formula is C13H25NO8. The molecule has 0 aromatic carbocycles. The van der Waals surface area contributed by atoms with Gasteiger partial charge in [-0.25, -0.2) is 0 Å². The van der Waals surface area contributed by atoms with Crippen molar-refractivity contribution in [3.8, 4) is 0 Å². The van der Waals surface area contributed by atoms with E-state index in [0.29, 0.717) is 0 Å². The van der Waals surface area contributed by atoms with Crippen LogP contribution in [0.2, 0.25) is 0 Å². The molecule has 1 saturated carbocycles. The number of nitrogens with one attached hydrogen (secondary N) is 1. The van der Waals surface area contributed by atoms with Crippen LogP contribution in [0.1, 0.15) is 13.3 Å². The normalized spacial score (nSPS) is 53.5. The Bertz CT molecular complexity index is 370. The minimum absolute atomic E-state index is 0.171. The zero-order valence-corrected chi connectivity index (χ0v) is 12.2. The average molecular weight is 323 g/mol. The van der Waals surface area contributed by atoms with E-state index in [9.17, 15) is 35.7 Å². The topological polar surface area (TPSA) is 163 Å². The van der Waals surface area contributed by atoms with Crippen molar-refractivity contribution in [2.45, 2.75) is 68.3 Å². The molecule has 8 N–H and O–H groups in total. The van der Waals surface area contributed by atoms with Gasteiger partial charge in [0.25, 0.3) is 0 Å². The fourth-order valence-corrected chi connectivity index (χ4v) is 3.20. The van der Waals surface area contributed by atoms with Crippen molar-refractivity contribution in [2.24, 2.45) is 5.92 Å². The van der Waals surface area contributed by atoms with E-state index in [0.717, 1.165) is 0 Å². The van der Waals surface area contributed by atoms with Crippen molar-refractivity contribution >= 4 is 0 Å². The zero-order chi connectivity index (χ0) is 16.6. The number of hydrogen-bond acceptors (Lipinski definition) is 9. The van der Waals surface area contributed by atoms with Crippen molar-refractivity contribution in [2.75, 3.05) is 6.61 Å². The maximum Gasteiger partial charge on any atom is 0.183 e. The highest BCUT2D eigenvalue weighted by Crippen LogP contribution is 2.28. The van der Waals surface area contributed by atoms with Crippen LogP contribution in [-0.4, -0.2) is 97.4 Å². The van der Waals surface area contributed by atoms with Crippen LogP contribution in [0.25, 0.3) is 0 Å². The van der Waals surface area contributed by atoms with Gasteiger partial charge in [0.05, 0.1) is 24.4 Å². The molecular weight excluding hydrogens is 298 g/mol. The van der Waals surface area contributed by atoms with E-state index in [2.05, 4.69) is 5.32 Å². The lowest BCUT2D eigenvalue weighted by molar-refractivity contribution is -0.256. The first-order valence-electron chi connectivity index (χ1n) is 7.38. The van der Waals surface area contributed by atoms with Crippen LogP contribution in [-0.2, 0) is 4.74 Å². The third-order valence-corrected chi connectivity index (χ3v) is 4.66. The minimum Gasteiger partial charge on any atom is -0.396 e. The molecule has 0 amide bonds. The molecule has 2 aliphatic rings. The van der Waals surface area contributed by atoms with Gasteiger partial charge >= 0.3 is 0 Å². The lowest BCUT2D eigenvalue weighted by Gasteiger charge is -2.45. The van der Waals surface area contributed by atoms with Gasteiger partial charge < -0.3 is 45.8 Å². The van der Waals surface area contributed by atoms with Crippen molar-refractivity contribution in [3.05, 3.63) is 0 Å². The van der Waals surface area contributed by atoms with Crippen molar-refractivity contribution < 1.29 is 40.5 Å². The Morgan fingerprint density at radius 2 is 1.55 bits per heavy atom. The van der Waals surface area contributed by atoms with Crippen LogP contribution in [0.3, 0.4) is 0 Å². The van der Waals surface area contributed by atoms with E-state index in [4.69, 9.17) is 4.74 Å². The highest BCUT2D eigenvalue weighted by Gasteiger charge is 2.47. The van der Waals surface area contributed by atoms with E-state index in [1.807, 2.05) is 0 Å². The maximum atomic E-state index is 10.1. The Hall–Kier alpha value is -0.360. The van der Waals surface area contributed by atoms with Gasteiger partial charge in [-0.3, -0.25) is 0 Å². The lowest BCUT2D eigenvalue weighted by Crippen LogP contribution is -2.67. The summed E-state index contributed by atoms with van der Waals surface area (Å²) < 4.78 is 5.10. The summed E-state index contributed by atoms with van der Waals surface area (Å²) in [6, 6.07) is -1.51. The number of hydrogen-bond donors (Lipinski definition) is 8.